The maximum absolute atomic E-state index is 10.3. The van der Waals surface area contributed by atoms with Crippen LogP contribution in [-0.2, 0) is 4.79 Å². The monoisotopic (exact) mass is 203 g/mol. The van der Waals surface area contributed by atoms with E-state index in [1.807, 2.05) is 0 Å². The zero-order valence-corrected chi connectivity index (χ0v) is 11.8. The summed E-state index contributed by atoms with van der Waals surface area (Å²) in [7, 11) is 0. The van der Waals surface area contributed by atoms with Crippen LogP contribution in [0.1, 0.15) is 12.8 Å². The molecule has 0 aromatic rings. The zero-order chi connectivity index (χ0) is 8.43. The molecule has 1 heterocycles. The number of hydrogen-bond acceptors (Lipinski definition) is 4. The Hall–Kier alpha value is 0.740. The maximum atomic E-state index is 10.3. The molecule has 1 atom stereocenters. The average molecular weight is 203 g/mol. The molecule has 1 rings (SSSR count). The minimum Gasteiger partial charge on any atom is -0.548 e. The van der Waals surface area contributed by atoms with Crippen LogP contribution >= 0.6 is 0 Å². The molecule has 0 saturated carbocycles. The van der Waals surface area contributed by atoms with Crippen molar-refractivity contribution < 1.29 is 78.9 Å². The quantitative estimate of drug-likeness (QED) is 0.396. The first-order chi connectivity index (χ1) is 5.13. The van der Waals surface area contributed by atoms with E-state index in [1.54, 1.807) is 0 Å². The number of amides is 1. The van der Waals surface area contributed by atoms with Crippen molar-refractivity contribution in [3.63, 3.8) is 0 Å². The van der Waals surface area contributed by atoms with E-state index in [-0.39, 0.29) is 65.7 Å². The van der Waals surface area contributed by atoms with Gasteiger partial charge >= 0.3 is 59.1 Å². The maximum Gasteiger partial charge on any atom is 1.00 e. The van der Waals surface area contributed by atoms with Gasteiger partial charge in [-0.2, -0.15) is 0 Å². The molecular weight excluding hydrogens is 196 g/mol. The fourth-order valence-electron chi connectivity index (χ4n) is 1.23. The van der Waals surface area contributed by atoms with Crippen LogP contribution in [0.5, 0.6) is 0 Å². The third-order valence-electron chi connectivity index (χ3n) is 1.76. The Kier molecular flexibility index (Phi) is 8.82. The Labute approximate surface area is 120 Å². The number of carbonyl (C=O) groups excluding carboxylic acids is 2. The molecule has 0 radical (unpaired) electrons. The summed E-state index contributed by atoms with van der Waals surface area (Å²) in [4.78, 5) is 21.3. The molecule has 1 amide bonds. The summed E-state index contributed by atoms with van der Waals surface area (Å²) >= 11 is 0. The van der Waals surface area contributed by atoms with Gasteiger partial charge in [-0.3, -0.25) is 0 Å². The third-order valence-corrected chi connectivity index (χ3v) is 1.76. The van der Waals surface area contributed by atoms with Gasteiger partial charge in [-0.1, -0.05) is 0 Å². The summed E-state index contributed by atoms with van der Waals surface area (Å²) in [6, 6.07) is -1.00. The van der Waals surface area contributed by atoms with Gasteiger partial charge in [0.25, 0.3) is 0 Å². The molecule has 62 valence electrons. The van der Waals surface area contributed by atoms with Crippen LogP contribution in [0.15, 0.2) is 0 Å². The summed E-state index contributed by atoms with van der Waals surface area (Å²) in [5, 5.41) is 20.5. The largest absolute Gasteiger partial charge is 1.00 e. The molecule has 1 aliphatic heterocycles. The first kappa shape index (κ1) is 16.2. The number of carbonyl (C=O) groups is 2. The molecule has 0 aromatic heterocycles. The average Bonchev–Trinajstić information content (AvgIpc) is 2.32. The molecule has 1 fully saturated rings. The minimum atomic E-state index is -1.43. The van der Waals surface area contributed by atoms with Gasteiger partial charge in [0.15, 0.2) is 0 Å². The van der Waals surface area contributed by atoms with Crippen molar-refractivity contribution in [2.24, 2.45) is 0 Å². The van der Waals surface area contributed by atoms with Crippen molar-refractivity contribution >= 4 is 12.1 Å². The molecule has 5 nitrogen and oxygen atoms in total. The minimum absolute atomic E-state index is 0. The van der Waals surface area contributed by atoms with Crippen LogP contribution in [0.2, 0.25) is 0 Å². The topological polar surface area (TPSA) is 83.5 Å². The molecule has 0 aliphatic carbocycles. The summed E-state index contributed by atoms with van der Waals surface area (Å²) in [5.74, 6) is -1.34. The first-order valence-electron chi connectivity index (χ1n) is 3.31. The van der Waals surface area contributed by atoms with Crippen molar-refractivity contribution in [3.05, 3.63) is 0 Å². The normalized spacial score (nSPS) is 20.0. The SMILES string of the molecule is O=C([O-])C1CCCN1C(=O)[O-].[Na+].[Na+]. The van der Waals surface area contributed by atoms with Gasteiger partial charge in [-0.25, -0.2) is 0 Å². The second-order valence-electron chi connectivity index (χ2n) is 2.44. The van der Waals surface area contributed by atoms with E-state index in [1.165, 1.54) is 0 Å². The molecule has 0 spiro atoms. The Bertz CT molecular complexity index is 179. The molecule has 1 saturated heterocycles. The van der Waals surface area contributed by atoms with E-state index in [0.717, 1.165) is 4.90 Å². The van der Waals surface area contributed by atoms with Crippen LogP contribution in [0, 0.1) is 0 Å². The predicted molar refractivity (Wildman–Crippen MR) is 30.1 cm³/mol. The van der Waals surface area contributed by atoms with Crippen molar-refractivity contribution in [1.29, 1.82) is 0 Å². The number of carboxylic acids is 1. The van der Waals surface area contributed by atoms with E-state index in [2.05, 4.69) is 0 Å². The molecule has 0 N–H and O–H groups in total. The van der Waals surface area contributed by atoms with E-state index in [4.69, 9.17) is 0 Å². The standard InChI is InChI=1S/C6H9NO4.2Na/c8-5(9)4-2-1-3-7(4)6(10)11;;/h4H,1-3H2,(H,8,9)(H,10,11);;/q;2*+1/p-2. The number of nitrogens with zero attached hydrogens (tertiary/aromatic N) is 1. The van der Waals surface area contributed by atoms with Gasteiger partial charge in [0.05, 0.1) is 12.0 Å². The van der Waals surface area contributed by atoms with Crippen LogP contribution in [0.3, 0.4) is 0 Å². The zero-order valence-electron chi connectivity index (χ0n) is 7.78. The Morgan fingerprint density at radius 3 is 2.08 bits per heavy atom. The molecule has 0 bridgehead atoms. The molecule has 0 aromatic carbocycles. The van der Waals surface area contributed by atoms with Gasteiger partial charge in [0.2, 0.25) is 0 Å². The summed E-state index contributed by atoms with van der Waals surface area (Å²) < 4.78 is 0. The number of likely N-dealkylation sites (tertiary alicyclic amines) is 1. The fraction of sp³-hybridized carbons (Fsp3) is 0.667. The number of carboxylic acid groups (broad SMARTS) is 2. The smallest absolute Gasteiger partial charge is 0.548 e. The first-order valence-corrected chi connectivity index (χ1v) is 3.31. The Morgan fingerprint density at radius 2 is 1.77 bits per heavy atom. The van der Waals surface area contributed by atoms with Crippen LogP contribution < -0.4 is 69.3 Å². The van der Waals surface area contributed by atoms with E-state index < -0.39 is 18.1 Å². The van der Waals surface area contributed by atoms with Crippen molar-refractivity contribution in [3.8, 4) is 0 Å². The number of aliphatic carboxylic acids is 1. The molecule has 1 unspecified atom stereocenters. The van der Waals surface area contributed by atoms with E-state index >= 15 is 0 Å². The third kappa shape index (κ3) is 4.18. The Morgan fingerprint density at radius 1 is 1.23 bits per heavy atom. The second kappa shape index (κ2) is 7.09. The van der Waals surface area contributed by atoms with Gasteiger partial charge in [-0.15, -0.1) is 0 Å². The Balaban J connectivity index is 0. The molecular formula is C6H7NNa2O4. The van der Waals surface area contributed by atoms with Crippen molar-refractivity contribution in [2.75, 3.05) is 6.54 Å². The van der Waals surface area contributed by atoms with E-state index in [9.17, 15) is 19.8 Å². The van der Waals surface area contributed by atoms with E-state index in [0.29, 0.717) is 12.8 Å². The van der Waals surface area contributed by atoms with Gasteiger partial charge in [0.1, 0.15) is 6.09 Å². The summed E-state index contributed by atoms with van der Waals surface area (Å²) in [6.45, 7) is 0.237. The van der Waals surface area contributed by atoms with Gasteiger partial charge in [-0.05, 0) is 12.8 Å². The van der Waals surface area contributed by atoms with Crippen molar-refractivity contribution in [2.45, 2.75) is 18.9 Å². The number of hydrogen-bond donors (Lipinski definition) is 0. The fourth-order valence-corrected chi connectivity index (χ4v) is 1.23. The van der Waals surface area contributed by atoms with Gasteiger partial charge in [0, 0.05) is 6.54 Å². The summed E-state index contributed by atoms with van der Waals surface area (Å²) in [6.07, 6.45) is -0.542. The summed E-state index contributed by atoms with van der Waals surface area (Å²) in [5.41, 5.74) is 0. The predicted octanol–water partition coefficient (Wildman–Crippen LogP) is -8.45. The molecule has 1 aliphatic rings. The van der Waals surface area contributed by atoms with Crippen LogP contribution in [0.25, 0.3) is 0 Å². The van der Waals surface area contributed by atoms with Crippen LogP contribution in [-0.4, -0.2) is 29.5 Å². The van der Waals surface area contributed by atoms with Crippen molar-refractivity contribution in [1.82, 2.24) is 4.90 Å². The molecule has 13 heavy (non-hydrogen) atoms. The second-order valence-corrected chi connectivity index (χ2v) is 2.44. The molecule has 7 heteroatoms. The van der Waals surface area contributed by atoms with Crippen LogP contribution in [0.4, 0.5) is 4.79 Å². The number of rotatable bonds is 1. The van der Waals surface area contributed by atoms with Gasteiger partial charge < -0.3 is 24.7 Å².